The van der Waals surface area contributed by atoms with Gasteiger partial charge in [-0.05, 0) is 41.1 Å². The molecule has 66 valence electrons. The highest BCUT2D eigenvalue weighted by Gasteiger charge is 1.98. The van der Waals surface area contributed by atoms with E-state index in [1.54, 1.807) is 10.9 Å². The van der Waals surface area contributed by atoms with Gasteiger partial charge in [0.1, 0.15) is 0 Å². The molecule has 0 atom stereocenters. The third kappa shape index (κ3) is 1.78. The first-order valence-electron chi connectivity index (χ1n) is 3.90. The predicted molar refractivity (Wildman–Crippen MR) is 53.8 cm³/mol. The summed E-state index contributed by atoms with van der Waals surface area (Å²) in [6, 6.07) is 5.81. The molecular weight excluding hydrogens is 230 g/mol. The summed E-state index contributed by atoms with van der Waals surface area (Å²) >= 11 is 3.33. The van der Waals surface area contributed by atoms with Crippen molar-refractivity contribution in [3.8, 4) is 5.82 Å². The van der Waals surface area contributed by atoms with Crippen LogP contribution in [0.25, 0.3) is 5.82 Å². The molecule has 13 heavy (non-hydrogen) atoms. The number of pyridine rings is 1. The smallest absolute Gasteiger partial charge is 0.153 e. The van der Waals surface area contributed by atoms with Gasteiger partial charge in [0, 0.05) is 16.9 Å². The Morgan fingerprint density at radius 1 is 1.31 bits per heavy atom. The molecule has 0 aliphatic carbocycles. The number of hydrogen-bond donors (Lipinski definition) is 0. The Hall–Kier alpha value is -1.16. The zero-order valence-electron chi connectivity index (χ0n) is 7.11. The maximum Gasteiger partial charge on any atom is 0.153 e. The van der Waals surface area contributed by atoms with E-state index in [1.807, 2.05) is 31.3 Å². The van der Waals surface area contributed by atoms with E-state index in [1.165, 1.54) is 0 Å². The van der Waals surface area contributed by atoms with Gasteiger partial charge < -0.3 is 0 Å². The summed E-state index contributed by atoms with van der Waals surface area (Å²) in [5.74, 6) is 0.830. The van der Waals surface area contributed by atoms with Gasteiger partial charge in [0.15, 0.2) is 5.82 Å². The van der Waals surface area contributed by atoms with Crippen LogP contribution in [0, 0.1) is 6.92 Å². The second-order valence-corrected chi connectivity index (χ2v) is 3.65. The predicted octanol–water partition coefficient (Wildman–Crippen LogP) is 2.34. The third-order valence-corrected chi connectivity index (χ3v) is 2.14. The largest absolute Gasteiger partial charge is 0.236 e. The van der Waals surface area contributed by atoms with Crippen LogP contribution in [0.1, 0.15) is 5.69 Å². The molecule has 2 rings (SSSR count). The van der Waals surface area contributed by atoms with E-state index >= 15 is 0 Å². The second-order valence-electron chi connectivity index (χ2n) is 2.74. The minimum atomic E-state index is 0.830. The van der Waals surface area contributed by atoms with Gasteiger partial charge >= 0.3 is 0 Å². The molecule has 0 saturated heterocycles. The molecule has 0 N–H and O–H groups in total. The van der Waals surface area contributed by atoms with Gasteiger partial charge in [0.05, 0.1) is 5.69 Å². The quantitative estimate of drug-likeness (QED) is 0.763. The molecule has 0 aromatic carbocycles. The van der Waals surface area contributed by atoms with Crippen molar-refractivity contribution in [2.45, 2.75) is 6.92 Å². The highest BCUT2D eigenvalue weighted by molar-refractivity contribution is 9.10. The van der Waals surface area contributed by atoms with Crippen LogP contribution in [-0.4, -0.2) is 14.8 Å². The lowest BCUT2D eigenvalue weighted by atomic mass is 10.5. The molecule has 0 bridgehead atoms. The first-order chi connectivity index (χ1) is 6.25. The van der Waals surface area contributed by atoms with E-state index in [0.29, 0.717) is 0 Å². The fourth-order valence-electron chi connectivity index (χ4n) is 1.05. The minimum Gasteiger partial charge on any atom is -0.236 e. The van der Waals surface area contributed by atoms with Crippen molar-refractivity contribution in [2.24, 2.45) is 0 Å². The monoisotopic (exact) mass is 237 g/mol. The van der Waals surface area contributed by atoms with Crippen LogP contribution in [0.4, 0.5) is 0 Å². The molecule has 4 heteroatoms. The first kappa shape index (κ1) is 8.44. The van der Waals surface area contributed by atoms with Crippen molar-refractivity contribution in [3.63, 3.8) is 0 Å². The van der Waals surface area contributed by atoms with Crippen molar-refractivity contribution in [3.05, 3.63) is 40.8 Å². The molecule has 0 unspecified atom stereocenters. The molecule has 0 radical (unpaired) electrons. The van der Waals surface area contributed by atoms with Gasteiger partial charge in [0.2, 0.25) is 0 Å². The minimum absolute atomic E-state index is 0.830. The normalized spacial score (nSPS) is 10.3. The van der Waals surface area contributed by atoms with E-state index < -0.39 is 0 Å². The summed E-state index contributed by atoms with van der Waals surface area (Å²) in [5, 5.41) is 4.25. The van der Waals surface area contributed by atoms with Crippen molar-refractivity contribution < 1.29 is 0 Å². The molecule has 0 saturated carbocycles. The summed E-state index contributed by atoms with van der Waals surface area (Å²) in [4.78, 5) is 4.22. The summed E-state index contributed by atoms with van der Waals surface area (Å²) < 4.78 is 2.72. The number of rotatable bonds is 1. The van der Waals surface area contributed by atoms with Crippen LogP contribution in [0.3, 0.4) is 0 Å². The number of nitrogens with zero attached hydrogens (tertiary/aromatic N) is 3. The first-order valence-corrected chi connectivity index (χ1v) is 4.69. The summed E-state index contributed by atoms with van der Waals surface area (Å²) in [6.45, 7) is 1.95. The zero-order valence-corrected chi connectivity index (χ0v) is 8.69. The lowest BCUT2D eigenvalue weighted by molar-refractivity contribution is 0.832. The molecular formula is C9H8BrN3. The Balaban J connectivity index is 2.41. The Morgan fingerprint density at radius 3 is 2.69 bits per heavy atom. The Morgan fingerprint density at radius 2 is 2.15 bits per heavy atom. The van der Waals surface area contributed by atoms with Crippen LogP contribution in [0.15, 0.2) is 35.1 Å². The van der Waals surface area contributed by atoms with Crippen molar-refractivity contribution >= 4 is 15.9 Å². The van der Waals surface area contributed by atoms with Crippen LogP contribution in [-0.2, 0) is 0 Å². The number of aromatic nitrogens is 3. The zero-order chi connectivity index (χ0) is 9.26. The summed E-state index contributed by atoms with van der Waals surface area (Å²) in [7, 11) is 0. The Bertz CT molecular complexity index is 405. The topological polar surface area (TPSA) is 30.7 Å². The molecule has 0 spiro atoms. The van der Waals surface area contributed by atoms with Gasteiger partial charge in [-0.25, -0.2) is 9.67 Å². The average molecular weight is 238 g/mol. The SMILES string of the molecule is Cc1ccn(-c2ccc(Br)cn2)n1. The highest BCUT2D eigenvalue weighted by Crippen LogP contribution is 2.10. The van der Waals surface area contributed by atoms with Gasteiger partial charge in [0.25, 0.3) is 0 Å². The lowest BCUT2D eigenvalue weighted by Crippen LogP contribution is -1.97. The highest BCUT2D eigenvalue weighted by atomic mass is 79.9. The van der Waals surface area contributed by atoms with E-state index in [-0.39, 0.29) is 0 Å². The van der Waals surface area contributed by atoms with Crippen molar-refractivity contribution in [1.82, 2.24) is 14.8 Å². The van der Waals surface area contributed by atoms with Crippen molar-refractivity contribution in [2.75, 3.05) is 0 Å². The summed E-state index contributed by atoms with van der Waals surface area (Å²) in [6.07, 6.45) is 3.65. The van der Waals surface area contributed by atoms with Gasteiger partial charge in [-0.2, -0.15) is 5.10 Å². The number of hydrogen-bond acceptors (Lipinski definition) is 2. The second kappa shape index (κ2) is 3.30. The van der Waals surface area contributed by atoms with Crippen LogP contribution in [0.5, 0.6) is 0 Å². The van der Waals surface area contributed by atoms with Crippen LogP contribution < -0.4 is 0 Å². The molecule has 0 fully saturated rings. The number of halogens is 1. The number of aryl methyl sites for hydroxylation is 1. The fourth-order valence-corrected chi connectivity index (χ4v) is 1.28. The van der Waals surface area contributed by atoms with Crippen LogP contribution in [0.2, 0.25) is 0 Å². The van der Waals surface area contributed by atoms with Gasteiger partial charge in [-0.15, -0.1) is 0 Å². The molecule has 0 aliphatic rings. The lowest BCUT2D eigenvalue weighted by Gasteiger charge is -1.98. The maximum atomic E-state index is 4.25. The van der Waals surface area contributed by atoms with Crippen LogP contribution >= 0.6 is 15.9 Å². The Labute approximate surface area is 84.5 Å². The molecule has 2 aromatic heterocycles. The standard InChI is InChI=1S/C9H8BrN3/c1-7-4-5-13(12-7)9-3-2-8(10)6-11-9/h2-6H,1H3. The van der Waals surface area contributed by atoms with Gasteiger partial charge in [-0.3, -0.25) is 0 Å². The average Bonchev–Trinajstić information content (AvgIpc) is 2.53. The Kier molecular flexibility index (Phi) is 2.14. The fraction of sp³-hybridized carbons (Fsp3) is 0.111. The van der Waals surface area contributed by atoms with E-state index in [4.69, 9.17) is 0 Å². The van der Waals surface area contributed by atoms with E-state index in [2.05, 4.69) is 26.0 Å². The van der Waals surface area contributed by atoms with E-state index in [0.717, 1.165) is 16.0 Å². The van der Waals surface area contributed by atoms with E-state index in [9.17, 15) is 0 Å². The van der Waals surface area contributed by atoms with Crippen molar-refractivity contribution in [1.29, 1.82) is 0 Å². The van der Waals surface area contributed by atoms with Gasteiger partial charge in [-0.1, -0.05) is 0 Å². The molecule has 0 aliphatic heterocycles. The maximum absolute atomic E-state index is 4.25. The third-order valence-electron chi connectivity index (χ3n) is 1.67. The summed E-state index contributed by atoms with van der Waals surface area (Å²) in [5.41, 5.74) is 0.990. The molecule has 0 amide bonds. The molecule has 3 nitrogen and oxygen atoms in total. The molecule has 2 aromatic rings. The molecule has 2 heterocycles.